The van der Waals surface area contributed by atoms with E-state index in [4.69, 9.17) is 9.47 Å². The fourth-order valence-electron chi connectivity index (χ4n) is 2.90. The number of tetrazole rings is 1. The molecule has 1 N–H and O–H groups in total. The van der Waals surface area contributed by atoms with Crippen molar-refractivity contribution in [3.8, 4) is 17.1 Å². The van der Waals surface area contributed by atoms with Crippen LogP contribution in [0.25, 0.3) is 11.4 Å². The summed E-state index contributed by atoms with van der Waals surface area (Å²) in [6, 6.07) is 12.4. The molecule has 10 heteroatoms. The number of carbonyl (C=O) groups is 2. The van der Waals surface area contributed by atoms with Crippen molar-refractivity contribution in [2.24, 2.45) is 0 Å². The lowest BCUT2D eigenvalue weighted by atomic mass is 10.0. The average Bonchev–Trinajstić information content (AvgIpc) is 3.22. The van der Waals surface area contributed by atoms with Gasteiger partial charge in [-0.05, 0) is 42.0 Å². The summed E-state index contributed by atoms with van der Waals surface area (Å²) in [5.74, 6) is -0.644. The summed E-state index contributed by atoms with van der Waals surface area (Å²) in [5, 5.41) is 14.5. The van der Waals surface area contributed by atoms with Crippen molar-refractivity contribution in [1.82, 2.24) is 25.5 Å². The highest BCUT2D eigenvalue weighted by molar-refractivity contribution is 5.78. The zero-order chi connectivity index (χ0) is 22.2. The quantitative estimate of drug-likeness (QED) is 0.522. The van der Waals surface area contributed by atoms with Gasteiger partial charge in [0.05, 0.1) is 31.7 Å². The molecule has 0 saturated heterocycles. The Morgan fingerprint density at radius 2 is 1.90 bits per heavy atom. The molecule has 1 amide bonds. The van der Waals surface area contributed by atoms with Gasteiger partial charge in [0.2, 0.25) is 11.7 Å². The Morgan fingerprint density at radius 3 is 2.58 bits per heavy atom. The predicted molar refractivity (Wildman–Crippen MR) is 108 cm³/mol. The van der Waals surface area contributed by atoms with E-state index in [9.17, 15) is 14.0 Å². The Morgan fingerprint density at radius 1 is 1.16 bits per heavy atom. The fourth-order valence-corrected chi connectivity index (χ4v) is 2.90. The molecule has 0 spiro atoms. The average molecular weight is 427 g/mol. The van der Waals surface area contributed by atoms with Gasteiger partial charge < -0.3 is 14.8 Å². The molecule has 9 nitrogen and oxygen atoms in total. The number of esters is 1. The Balaban J connectivity index is 1.71. The minimum absolute atomic E-state index is 0.0445. The van der Waals surface area contributed by atoms with Gasteiger partial charge in [-0.25, -0.2) is 4.39 Å². The normalized spacial score (nSPS) is 11.6. The molecular weight excluding hydrogens is 405 g/mol. The van der Waals surface area contributed by atoms with Crippen molar-refractivity contribution >= 4 is 11.9 Å². The van der Waals surface area contributed by atoms with Gasteiger partial charge in [-0.3, -0.25) is 9.59 Å². The van der Waals surface area contributed by atoms with Crippen LogP contribution < -0.4 is 10.1 Å². The minimum Gasteiger partial charge on any atom is -0.497 e. The van der Waals surface area contributed by atoms with E-state index in [-0.39, 0.29) is 31.0 Å². The molecule has 0 fully saturated rings. The van der Waals surface area contributed by atoms with Crippen LogP contribution in [0.5, 0.6) is 5.75 Å². The van der Waals surface area contributed by atoms with Crippen LogP contribution in [0.3, 0.4) is 0 Å². The first kappa shape index (κ1) is 21.9. The molecule has 1 aromatic heterocycles. The maximum atomic E-state index is 13.9. The Labute approximate surface area is 178 Å². The molecule has 0 aliphatic heterocycles. The monoisotopic (exact) mass is 427 g/mol. The molecule has 3 aromatic rings. The second kappa shape index (κ2) is 10.3. The van der Waals surface area contributed by atoms with Crippen LogP contribution in [0.1, 0.15) is 24.9 Å². The van der Waals surface area contributed by atoms with Crippen LogP contribution in [0.2, 0.25) is 0 Å². The number of carbonyl (C=O) groups excluding carboxylic acids is 2. The van der Waals surface area contributed by atoms with Gasteiger partial charge in [-0.2, -0.15) is 4.80 Å². The van der Waals surface area contributed by atoms with Crippen LogP contribution in [0, 0.1) is 5.82 Å². The number of hydrogen-bond donors (Lipinski definition) is 1. The van der Waals surface area contributed by atoms with Crippen LogP contribution in [0.15, 0.2) is 48.5 Å². The van der Waals surface area contributed by atoms with Crippen LogP contribution in [0.4, 0.5) is 4.39 Å². The number of nitrogens with zero attached hydrogens (tertiary/aromatic N) is 4. The molecule has 0 saturated carbocycles. The van der Waals surface area contributed by atoms with E-state index >= 15 is 0 Å². The highest BCUT2D eigenvalue weighted by Crippen LogP contribution is 2.21. The van der Waals surface area contributed by atoms with Crippen molar-refractivity contribution in [3.05, 3.63) is 59.9 Å². The van der Waals surface area contributed by atoms with Crippen LogP contribution in [-0.4, -0.2) is 45.8 Å². The van der Waals surface area contributed by atoms with E-state index in [0.717, 1.165) is 4.80 Å². The number of ether oxygens (including phenoxy) is 2. The zero-order valence-electron chi connectivity index (χ0n) is 17.1. The third-order valence-corrected chi connectivity index (χ3v) is 4.38. The minimum atomic E-state index is -0.619. The largest absolute Gasteiger partial charge is 0.497 e. The third kappa shape index (κ3) is 5.84. The number of methoxy groups -OCH3 is 1. The van der Waals surface area contributed by atoms with Gasteiger partial charge in [0.1, 0.15) is 18.1 Å². The first-order valence-electron chi connectivity index (χ1n) is 9.61. The molecule has 0 bridgehead atoms. The number of hydrogen-bond acceptors (Lipinski definition) is 7. The first-order valence-corrected chi connectivity index (χ1v) is 9.61. The van der Waals surface area contributed by atoms with E-state index < -0.39 is 23.7 Å². The fraction of sp³-hybridized carbons (Fsp3) is 0.286. The summed E-state index contributed by atoms with van der Waals surface area (Å²) in [7, 11) is 1.55. The number of halogens is 1. The third-order valence-electron chi connectivity index (χ3n) is 4.38. The lowest BCUT2D eigenvalue weighted by Crippen LogP contribution is -2.33. The maximum Gasteiger partial charge on any atom is 0.308 e. The van der Waals surface area contributed by atoms with Gasteiger partial charge >= 0.3 is 5.97 Å². The van der Waals surface area contributed by atoms with E-state index in [1.54, 1.807) is 50.4 Å². The van der Waals surface area contributed by atoms with Crippen LogP contribution >= 0.6 is 0 Å². The summed E-state index contributed by atoms with van der Waals surface area (Å²) in [4.78, 5) is 25.7. The second-order valence-electron chi connectivity index (χ2n) is 6.53. The number of rotatable bonds is 9. The summed E-state index contributed by atoms with van der Waals surface area (Å²) >= 11 is 0. The Kier molecular flexibility index (Phi) is 7.26. The van der Waals surface area contributed by atoms with E-state index in [1.165, 1.54) is 12.1 Å². The Bertz CT molecular complexity index is 1040. The lowest BCUT2D eigenvalue weighted by Gasteiger charge is -2.18. The first-order chi connectivity index (χ1) is 15.0. The van der Waals surface area contributed by atoms with Gasteiger partial charge in [-0.15, -0.1) is 10.2 Å². The lowest BCUT2D eigenvalue weighted by molar-refractivity contribution is -0.143. The Hall–Kier alpha value is -3.82. The number of benzene rings is 2. The molecule has 31 heavy (non-hydrogen) atoms. The van der Waals surface area contributed by atoms with E-state index in [0.29, 0.717) is 11.3 Å². The van der Waals surface area contributed by atoms with E-state index in [2.05, 4.69) is 20.7 Å². The summed E-state index contributed by atoms with van der Waals surface area (Å²) < 4.78 is 24.1. The standard InChI is InChI=1S/C21H22FN5O4/c1-3-31-20(29)12-18(14-8-10-15(30-2)11-9-14)23-19(28)13-27-25-21(24-26-27)16-6-4-5-7-17(16)22/h4-11,18H,3,12-13H2,1-2H3,(H,23,28)/t18-/m1/s1. The highest BCUT2D eigenvalue weighted by atomic mass is 19.1. The van der Waals surface area contributed by atoms with Gasteiger partial charge in [0.25, 0.3) is 0 Å². The highest BCUT2D eigenvalue weighted by Gasteiger charge is 2.20. The van der Waals surface area contributed by atoms with Crippen molar-refractivity contribution in [2.45, 2.75) is 25.9 Å². The molecule has 0 aliphatic carbocycles. The van der Waals surface area contributed by atoms with Gasteiger partial charge in [0, 0.05) is 0 Å². The van der Waals surface area contributed by atoms with Crippen molar-refractivity contribution in [3.63, 3.8) is 0 Å². The zero-order valence-corrected chi connectivity index (χ0v) is 17.1. The summed E-state index contributed by atoms with van der Waals surface area (Å²) in [6.07, 6.45) is -0.0445. The van der Waals surface area contributed by atoms with Crippen molar-refractivity contribution < 1.29 is 23.5 Å². The second-order valence-corrected chi connectivity index (χ2v) is 6.53. The molecule has 2 aromatic carbocycles. The molecule has 0 unspecified atom stereocenters. The molecule has 0 radical (unpaired) electrons. The van der Waals surface area contributed by atoms with Crippen molar-refractivity contribution in [2.75, 3.05) is 13.7 Å². The van der Waals surface area contributed by atoms with Gasteiger partial charge in [-0.1, -0.05) is 24.3 Å². The molecule has 1 heterocycles. The van der Waals surface area contributed by atoms with Crippen LogP contribution in [-0.2, 0) is 20.9 Å². The molecule has 3 rings (SSSR count). The number of nitrogens with one attached hydrogen (secondary N) is 1. The SMILES string of the molecule is CCOC(=O)C[C@@H](NC(=O)Cn1nnc(-c2ccccc2F)n1)c1ccc(OC)cc1. The smallest absolute Gasteiger partial charge is 0.308 e. The number of amides is 1. The maximum absolute atomic E-state index is 13.9. The number of aromatic nitrogens is 4. The van der Waals surface area contributed by atoms with E-state index in [1.807, 2.05) is 0 Å². The molecule has 0 aliphatic rings. The molecule has 1 atom stereocenters. The van der Waals surface area contributed by atoms with Crippen molar-refractivity contribution in [1.29, 1.82) is 0 Å². The topological polar surface area (TPSA) is 108 Å². The molecular formula is C21H22FN5O4. The van der Waals surface area contributed by atoms with Gasteiger partial charge in [0.15, 0.2) is 0 Å². The predicted octanol–water partition coefficient (Wildman–Crippen LogP) is 2.30. The molecule has 162 valence electrons. The summed E-state index contributed by atoms with van der Waals surface area (Å²) in [5.41, 5.74) is 0.897. The summed E-state index contributed by atoms with van der Waals surface area (Å²) in [6.45, 7) is 1.70.